The third-order valence-corrected chi connectivity index (χ3v) is 1.58. The quantitative estimate of drug-likeness (QED) is 0.423. The molecule has 0 aliphatic heterocycles. The van der Waals surface area contributed by atoms with E-state index in [1.807, 2.05) is 0 Å². The maximum atomic E-state index is 10.7. The van der Waals surface area contributed by atoms with Crippen molar-refractivity contribution in [1.29, 1.82) is 0 Å². The molecule has 0 atom stereocenters. The summed E-state index contributed by atoms with van der Waals surface area (Å²) in [5.74, 6) is -0.789. The molecule has 12 heavy (non-hydrogen) atoms. The van der Waals surface area contributed by atoms with Crippen LogP contribution in [0.5, 0.6) is 0 Å². The zero-order chi connectivity index (χ0) is 9.78. The van der Waals surface area contributed by atoms with Gasteiger partial charge in [0, 0.05) is 16.8 Å². The van der Waals surface area contributed by atoms with Gasteiger partial charge in [-0.25, -0.2) is 4.72 Å². The van der Waals surface area contributed by atoms with Crippen LogP contribution in [0, 0.1) is 0 Å². The lowest BCUT2D eigenvalue weighted by atomic mass is 10.3. The van der Waals surface area contributed by atoms with E-state index in [1.165, 1.54) is 6.08 Å². The van der Waals surface area contributed by atoms with Gasteiger partial charge < -0.3 is 0 Å². The molecule has 0 unspecified atom stereocenters. The third kappa shape index (κ3) is 5.94. The molecule has 1 amide bonds. The van der Waals surface area contributed by atoms with Gasteiger partial charge in [-0.3, -0.25) is 4.79 Å². The van der Waals surface area contributed by atoms with Gasteiger partial charge in [-0.05, 0) is 12.5 Å². The van der Waals surface area contributed by atoms with Gasteiger partial charge in [-0.15, -0.1) is 0 Å². The molecule has 0 aliphatic carbocycles. The number of carbonyl (C=O) groups excluding carboxylic acids is 1. The molecule has 0 fully saturated rings. The van der Waals surface area contributed by atoms with Gasteiger partial charge >= 0.3 is 9.24 Å². The smallest absolute Gasteiger partial charge is 0.269 e. The molecule has 0 aromatic rings. The van der Waals surface area contributed by atoms with Crippen LogP contribution in [0.4, 0.5) is 0 Å². The summed E-state index contributed by atoms with van der Waals surface area (Å²) in [7, 11) is 0.756. The van der Waals surface area contributed by atoms with Crippen molar-refractivity contribution in [1.82, 2.24) is 4.72 Å². The van der Waals surface area contributed by atoms with Crippen molar-refractivity contribution in [3.63, 3.8) is 0 Å². The molecule has 0 saturated carbocycles. The average Bonchev–Trinajstić information content (AvgIpc) is 1.82. The molecule has 0 radical (unpaired) electrons. The minimum Gasteiger partial charge on any atom is -0.269 e. The Bertz CT molecular complexity index is 318. The van der Waals surface area contributed by atoms with E-state index >= 15 is 0 Å². The molecule has 0 aliphatic rings. The fraction of sp³-hybridized carbons (Fsp3) is 0.167. The highest BCUT2D eigenvalue weighted by atomic mass is 35.7. The van der Waals surface area contributed by atoms with E-state index in [9.17, 15) is 13.2 Å². The molecule has 0 aromatic heterocycles. The first kappa shape index (κ1) is 11.2. The molecule has 4 nitrogen and oxygen atoms in total. The Morgan fingerprint density at radius 1 is 1.58 bits per heavy atom. The lowest BCUT2D eigenvalue weighted by molar-refractivity contribution is -0.114. The van der Waals surface area contributed by atoms with Gasteiger partial charge in [0.1, 0.15) is 0 Å². The molecule has 0 heterocycles. The molecular weight excluding hydrogens is 202 g/mol. The van der Waals surface area contributed by atoms with Gasteiger partial charge in [0.25, 0.3) is 5.91 Å². The Labute approximate surface area is 75.5 Å². The van der Waals surface area contributed by atoms with Crippen molar-refractivity contribution in [2.24, 2.45) is 0 Å². The Hall–Kier alpha value is -0.810. The Morgan fingerprint density at radius 2 is 2.08 bits per heavy atom. The normalized spacial score (nSPS) is 12.3. The van der Waals surface area contributed by atoms with Crippen LogP contribution in [0.2, 0.25) is 0 Å². The Kier molecular flexibility index (Phi) is 3.99. The predicted octanol–water partition coefficient (Wildman–Crippen LogP) is 0.718. The first-order valence-electron chi connectivity index (χ1n) is 2.92. The molecule has 0 rings (SSSR count). The molecule has 0 bridgehead atoms. The molecule has 1 N–H and O–H groups in total. The van der Waals surface area contributed by atoms with Crippen LogP contribution in [-0.2, 0) is 14.0 Å². The number of nitrogens with one attached hydrogen (secondary N) is 1. The van der Waals surface area contributed by atoms with Crippen molar-refractivity contribution < 1.29 is 13.2 Å². The zero-order valence-corrected chi connectivity index (χ0v) is 7.95. The van der Waals surface area contributed by atoms with Crippen molar-refractivity contribution in [3.05, 3.63) is 24.3 Å². The van der Waals surface area contributed by atoms with Crippen LogP contribution in [0.15, 0.2) is 24.3 Å². The Balaban J connectivity index is 4.37. The second kappa shape index (κ2) is 4.27. The van der Waals surface area contributed by atoms with Gasteiger partial charge in [0.05, 0.1) is 0 Å². The maximum Gasteiger partial charge on any atom is 0.321 e. The summed E-state index contributed by atoms with van der Waals surface area (Å²) >= 11 is 0. The molecule has 0 saturated heterocycles. The zero-order valence-electron chi connectivity index (χ0n) is 6.37. The van der Waals surface area contributed by atoms with E-state index in [0.29, 0.717) is 5.57 Å². The lowest BCUT2D eigenvalue weighted by Crippen LogP contribution is -2.24. The van der Waals surface area contributed by atoms with Crippen LogP contribution >= 0.6 is 10.7 Å². The first-order valence-corrected chi connectivity index (χ1v) is 5.23. The molecule has 0 aromatic carbocycles. The summed E-state index contributed by atoms with van der Waals surface area (Å²) in [5, 5.41) is 0. The number of halogens is 1. The van der Waals surface area contributed by atoms with Crippen LogP contribution in [0.25, 0.3) is 0 Å². The fourth-order valence-electron chi connectivity index (χ4n) is 0.415. The molecule has 0 spiro atoms. The minimum atomic E-state index is -3.98. The Morgan fingerprint density at radius 3 is 2.42 bits per heavy atom. The third-order valence-electron chi connectivity index (χ3n) is 0.903. The summed E-state index contributed by atoms with van der Waals surface area (Å²) in [5.41, 5.74) is 0.549. The second-order valence-corrected chi connectivity index (χ2v) is 4.30. The average molecular weight is 210 g/mol. The summed E-state index contributed by atoms with van der Waals surface area (Å²) < 4.78 is 22.1. The van der Waals surface area contributed by atoms with Gasteiger partial charge in [-0.2, -0.15) is 8.42 Å². The summed E-state index contributed by atoms with van der Waals surface area (Å²) in [6, 6.07) is 0. The van der Waals surface area contributed by atoms with Gasteiger partial charge in [0.15, 0.2) is 0 Å². The van der Waals surface area contributed by atoms with Crippen LogP contribution in [-0.4, -0.2) is 14.3 Å². The molecular formula is C6H8ClNO3S. The van der Waals surface area contributed by atoms with Crippen LogP contribution in [0.1, 0.15) is 6.92 Å². The van der Waals surface area contributed by atoms with E-state index in [-0.39, 0.29) is 0 Å². The lowest BCUT2D eigenvalue weighted by Gasteiger charge is -1.95. The highest BCUT2D eigenvalue weighted by molar-refractivity contribution is 8.12. The van der Waals surface area contributed by atoms with E-state index in [4.69, 9.17) is 10.7 Å². The fourth-order valence-corrected chi connectivity index (χ4v) is 0.943. The summed E-state index contributed by atoms with van der Waals surface area (Å²) in [6.07, 6.45) is 2.49. The van der Waals surface area contributed by atoms with E-state index in [1.54, 1.807) is 11.6 Å². The standard InChI is InChI=1S/C6H8ClNO3S/c1-3-5(2)4-6(9)8-12(7,10)11/h3-4H,1H2,2H3,(H,8,9)/b5-4+. The highest BCUT2D eigenvalue weighted by Gasteiger charge is 2.06. The molecule has 68 valence electrons. The first-order chi connectivity index (χ1) is 5.35. The van der Waals surface area contributed by atoms with Crippen molar-refractivity contribution in [2.45, 2.75) is 6.92 Å². The van der Waals surface area contributed by atoms with Crippen LogP contribution < -0.4 is 4.72 Å². The van der Waals surface area contributed by atoms with Gasteiger partial charge in [-0.1, -0.05) is 12.7 Å². The number of carbonyl (C=O) groups is 1. The largest absolute Gasteiger partial charge is 0.321 e. The molecule has 6 heteroatoms. The van der Waals surface area contributed by atoms with E-state index < -0.39 is 15.1 Å². The van der Waals surface area contributed by atoms with Gasteiger partial charge in [0.2, 0.25) is 0 Å². The van der Waals surface area contributed by atoms with Crippen molar-refractivity contribution in [2.75, 3.05) is 0 Å². The van der Waals surface area contributed by atoms with Crippen molar-refractivity contribution >= 4 is 25.8 Å². The predicted molar refractivity (Wildman–Crippen MR) is 46.9 cm³/mol. The number of amides is 1. The van der Waals surface area contributed by atoms with Crippen LogP contribution in [0.3, 0.4) is 0 Å². The SMILES string of the molecule is C=C/C(C)=C/C(=O)NS(=O)(=O)Cl. The highest BCUT2D eigenvalue weighted by Crippen LogP contribution is 1.94. The number of allylic oxidation sites excluding steroid dienone is 2. The number of hydrogen-bond donors (Lipinski definition) is 1. The number of rotatable bonds is 3. The number of hydrogen-bond acceptors (Lipinski definition) is 3. The van der Waals surface area contributed by atoms with Crippen molar-refractivity contribution in [3.8, 4) is 0 Å². The monoisotopic (exact) mass is 209 g/mol. The minimum absolute atomic E-state index is 0.549. The topological polar surface area (TPSA) is 63.2 Å². The summed E-state index contributed by atoms with van der Waals surface area (Å²) in [6.45, 7) is 4.98. The summed E-state index contributed by atoms with van der Waals surface area (Å²) in [4.78, 5) is 10.7. The van der Waals surface area contributed by atoms with E-state index in [2.05, 4.69) is 6.58 Å². The maximum absolute atomic E-state index is 10.7. The second-order valence-electron chi connectivity index (χ2n) is 2.00. The van der Waals surface area contributed by atoms with E-state index in [0.717, 1.165) is 6.08 Å².